The highest BCUT2D eigenvalue weighted by Gasteiger charge is 2.37. The lowest BCUT2D eigenvalue weighted by Gasteiger charge is -2.37. The van der Waals surface area contributed by atoms with Gasteiger partial charge >= 0.3 is 0 Å². The minimum absolute atomic E-state index is 0.00838. The van der Waals surface area contributed by atoms with E-state index in [4.69, 9.17) is 4.74 Å². The van der Waals surface area contributed by atoms with Crippen LogP contribution < -0.4 is 10.3 Å². The number of sulfonamides is 1. The molecule has 0 saturated carbocycles. The zero-order valence-corrected chi connectivity index (χ0v) is 14.5. The Morgan fingerprint density at radius 1 is 1.17 bits per heavy atom. The van der Waals surface area contributed by atoms with Crippen molar-refractivity contribution in [1.82, 2.24) is 8.87 Å². The van der Waals surface area contributed by atoms with Gasteiger partial charge in [-0.15, -0.1) is 0 Å². The number of aryl methyl sites for hydroxylation is 1. The molecule has 0 N–H and O–H groups in total. The van der Waals surface area contributed by atoms with Crippen LogP contribution in [0.1, 0.15) is 11.3 Å². The average Bonchev–Trinajstić information content (AvgIpc) is 2.48. The molecule has 1 fully saturated rings. The molecule has 2 aromatic rings. The van der Waals surface area contributed by atoms with E-state index in [1.807, 2.05) is 25.1 Å². The van der Waals surface area contributed by atoms with Crippen molar-refractivity contribution in [2.75, 3.05) is 13.1 Å². The van der Waals surface area contributed by atoms with Crippen molar-refractivity contribution >= 4 is 10.0 Å². The van der Waals surface area contributed by atoms with Gasteiger partial charge in [0.1, 0.15) is 11.9 Å². The second-order valence-electron chi connectivity index (χ2n) is 6.03. The van der Waals surface area contributed by atoms with Crippen LogP contribution in [0.5, 0.6) is 5.75 Å². The Hall–Kier alpha value is -2.12. The van der Waals surface area contributed by atoms with Crippen LogP contribution in [-0.2, 0) is 22.8 Å². The number of rotatable bonds is 5. The number of nitrogens with zero attached hydrogens (tertiary/aromatic N) is 2. The molecule has 7 heteroatoms. The van der Waals surface area contributed by atoms with Crippen molar-refractivity contribution in [3.8, 4) is 5.75 Å². The van der Waals surface area contributed by atoms with Gasteiger partial charge in [-0.3, -0.25) is 4.79 Å². The van der Waals surface area contributed by atoms with Crippen LogP contribution >= 0.6 is 0 Å². The Balaban J connectivity index is 1.60. The summed E-state index contributed by atoms with van der Waals surface area (Å²) in [6.45, 7) is 2.44. The molecule has 1 aromatic carbocycles. The lowest BCUT2D eigenvalue weighted by atomic mass is 10.2. The van der Waals surface area contributed by atoms with Crippen molar-refractivity contribution in [3.63, 3.8) is 0 Å². The maximum absolute atomic E-state index is 12.4. The van der Waals surface area contributed by atoms with Gasteiger partial charge in [-0.25, -0.2) is 8.42 Å². The highest BCUT2D eigenvalue weighted by molar-refractivity contribution is 7.88. The van der Waals surface area contributed by atoms with Crippen molar-refractivity contribution in [2.45, 2.75) is 18.8 Å². The first-order valence-electron chi connectivity index (χ1n) is 7.71. The third kappa shape index (κ3) is 3.52. The van der Waals surface area contributed by atoms with E-state index in [0.717, 1.165) is 11.3 Å². The molecule has 1 aliphatic heterocycles. The topological polar surface area (TPSA) is 68.6 Å². The smallest absolute Gasteiger partial charge is 0.254 e. The van der Waals surface area contributed by atoms with E-state index < -0.39 is 10.0 Å². The Morgan fingerprint density at radius 2 is 1.83 bits per heavy atom. The molecule has 2 heterocycles. The molecular formula is C17H20N2O4S. The number of benzene rings is 1. The number of hydrogen-bond donors (Lipinski definition) is 0. The second kappa shape index (κ2) is 6.41. The van der Waals surface area contributed by atoms with Crippen molar-refractivity contribution in [1.29, 1.82) is 0 Å². The van der Waals surface area contributed by atoms with Crippen molar-refractivity contribution < 1.29 is 13.2 Å². The van der Waals surface area contributed by atoms with E-state index in [2.05, 4.69) is 0 Å². The first-order valence-corrected chi connectivity index (χ1v) is 9.32. The van der Waals surface area contributed by atoms with E-state index in [1.165, 1.54) is 14.9 Å². The number of ether oxygens (including phenoxy) is 1. The first kappa shape index (κ1) is 16.7. The molecule has 0 amide bonds. The van der Waals surface area contributed by atoms with Crippen LogP contribution in [0.25, 0.3) is 0 Å². The number of hydrogen-bond acceptors (Lipinski definition) is 4. The number of pyridine rings is 1. The molecule has 0 spiro atoms. The normalized spacial score (nSPS) is 15.9. The fourth-order valence-corrected chi connectivity index (χ4v) is 4.16. The molecule has 0 atom stereocenters. The van der Waals surface area contributed by atoms with Crippen LogP contribution in [0, 0.1) is 6.92 Å². The molecule has 1 saturated heterocycles. The number of aromatic nitrogens is 1. The summed E-state index contributed by atoms with van der Waals surface area (Å²) in [5, 5.41) is 0. The Labute approximate surface area is 141 Å². The summed E-state index contributed by atoms with van der Waals surface area (Å²) in [4.78, 5) is 11.8. The summed E-state index contributed by atoms with van der Waals surface area (Å²) >= 11 is 0. The Bertz CT molecular complexity index is 885. The highest BCUT2D eigenvalue weighted by atomic mass is 32.2. The molecule has 0 radical (unpaired) electrons. The molecule has 0 bridgehead atoms. The fraction of sp³-hybridized carbons (Fsp3) is 0.353. The van der Waals surface area contributed by atoms with Crippen LogP contribution in [0.3, 0.4) is 0 Å². The SMILES string of the molecule is Cc1cc(OC2CN(S(=O)(=O)Cc3ccccc3)C2)cc(=O)n1C. The summed E-state index contributed by atoms with van der Waals surface area (Å²) in [5.41, 5.74) is 1.42. The van der Waals surface area contributed by atoms with Gasteiger partial charge in [0.05, 0.1) is 18.8 Å². The highest BCUT2D eigenvalue weighted by Crippen LogP contribution is 2.22. The third-order valence-electron chi connectivity index (χ3n) is 4.18. The zero-order chi connectivity index (χ0) is 17.3. The molecule has 0 unspecified atom stereocenters. The predicted molar refractivity (Wildman–Crippen MR) is 91.5 cm³/mol. The van der Waals surface area contributed by atoms with Crippen LogP contribution in [-0.4, -0.2) is 36.5 Å². The van der Waals surface area contributed by atoms with Gasteiger partial charge in [-0.05, 0) is 18.6 Å². The molecule has 0 aliphatic carbocycles. The summed E-state index contributed by atoms with van der Waals surface area (Å²) < 4.78 is 33.4. The molecule has 1 aliphatic rings. The Morgan fingerprint density at radius 3 is 2.46 bits per heavy atom. The van der Waals surface area contributed by atoms with Crippen LogP contribution in [0.2, 0.25) is 0 Å². The average molecular weight is 348 g/mol. The van der Waals surface area contributed by atoms with E-state index in [0.29, 0.717) is 18.8 Å². The van der Waals surface area contributed by atoms with Gasteiger partial charge in [0.2, 0.25) is 10.0 Å². The molecule has 6 nitrogen and oxygen atoms in total. The first-order chi connectivity index (χ1) is 11.3. The summed E-state index contributed by atoms with van der Waals surface area (Å²) in [6.07, 6.45) is -0.220. The lowest BCUT2D eigenvalue weighted by Crippen LogP contribution is -2.56. The molecule has 1 aromatic heterocycles. The van der Waals surface area contributed by atoms with E-state index in [9.17, 15) is 13.2 Å². The quantitative estimate of drug-likeness (QED) is 0.816. The minimum atomic E-state index is -3.34. The van der Waals surface area contributed by atoms with Crippen LogP contribution in [0.4, 0.5) is 0 Å². The molecule has 3 rings (SSSR count). The standard InChI is InChI=1S/C17H20N2O4S/c1-13-8-15(9-17(20)18(13)2)23-16-10-19(11-16)24(21,22)12-14-6-4-3-5-7-14/h3-9,16H,10-12H2,1-2H3. The maximum Gasteiger partial charge on any atom is 0.254 e. The molecular weight excluding hydrogens is 328 g/mol. The summed E-state index contributed by atoms with van der Waals surface area (Å²) in [5.74, 6) is 0.478. The second-order valence-corrected chi connectivity index (χ2v) is 8.00. The van der Waals surface area contributed by atoms with Gasteiger partial charge in [0.25, 0.3) is 5.56 Å². The van der Waals surface area contributed by atoms with Gasteiger partial charge in [0.15, 0.2) is 0 Å². The zero-order valence-electron chi connectivity index (χ0n) is 13.7. The van der Waals surface area contributed by atoms with E-state index >= 15 is 0 Å². The molecule has 128 valence electrons. The summed E-state index contributed by atoms with van der Waals surface area (Å²) in [7, 11) is -1.64. The Kier molecular flexibility index (Phi) is 4.47. The van der Waals surface area contributed by atoms with Gasteiger partial charge in [-0.2, -0.15) is 4.31 Å². The van der Waals surface area contributed by atoms with Gasteiger partial charge in [-0.1, -0.05) is 30.3 Å². The minimum Gasteiger partial charge on any atom is -0.487 e. The largest absolute Gasteiger partial charge is 0.487 e. The van der Waals surface area contributed by atoms with E-state index in [-0.39, 0.29) is 17.4 Å². The summed E-state index contributed by atoms with van der Waals surface area (Å²) in [6, 6.07) is 12.3. The predicted octanol–water partition coefficient (Wildman–Crippen LogP) is 1.29. The third-order valence-corrected chi connectivity index (χ3v) is 5.96. The molecule has 24 heavy (non-hydrogen) atoms. The van der Waals surface area contributed by atoms with Gasteiger partial charge < -0.3 is 9.30 Å². The van der Waals surface area contributed by atoms with Gasteiger partial charge in [0, 0.05) is 18.8 Å². The lowest BCUT2D eigenvalue weighted by molar-refractivity contribution is 0.0758. The van der Waals surface area contributed by atoms with E-state index in [1.54, 1.807) is 25.2 Å². The fourth-order valence-electron chi connectivity index (χ4n) is 2.58. The maximum atomic E-state index is 12.4. The van der Waals surface area contributed by atoms with Crippen molar-refractivity contribution in [3.05, 3.63) is 64.1 Å². The van der Waals surface area contributed by atoms with Crippen LogP contribution in [0.15, 0.2) is 47.3 Å². The van der Waals surface area contributed by atoms with Crippen molar-refractivity contribution in [2.24, 2.45) is 7.05 Å². The monoisotopic (exact) mass is 348 g/mol.